The Morgan fingerprint density at radius 1 is 1.02 bits per heavy atom. The summed E-state index contributed by atoms with van der Waals surface area (Å²) in [5, 5.41) is 44.9. The van der Waals surface area contributed by atoms with Gasteiger partial charge in [-0.15, -0.1) is 0 Å². The Morgan fingerprint density at radius 3 is 2.26 bits per heavy atom. The molecule has 0 heterocycles. The molecule has 3 aliphatic rings. The summed E-state index contributed by atoms with van der Waals surface area (Å²) >= 11 is 0. The Morgan fingerprint density at radius 2 is 1.67 bits per heavy atom. The van der Waals surface area contributed by atoms with E-state index in [1.54, 1.807) is 63.4 Å². The average Bonchev–Trinajstić information content (AvgIpc) is 2.90. The first-order valence-electron chi connectivity index (χ1n) is 13.6. The molecule has 2 aromatic rings. The fourth-order valence-corrected chi connectivity index (χ4v) is 6.65. The normalized spacial score (nSPS) is 25.0. The van der Waals surface area contributed by atoms with E-state index in [2.05, 4.69) is 0 Å². The van der Waals surface area contributed by atoms with Crippen LogP contribution in [0.15, 0.2) is 59.1 Å². The molecule has 0 bridgehead atoms. The molecule has 0 unspecified atom stereocenters. The smallest absolute Gasteiger partial charge is 0.325 e. The number of ketones is 2. The largest absolute Gasteiger partial charge is 0.510 e. The summed E-state index contributed by atoms with van der Waals surface area (Å²) in [5.74, 6) is -7.12. The number of benzene rings is 2. The fourth-order valence-electron chi connectivity index (χ4n) is 6.65. The van der Waals surface area contributed by atoms with Crippen molar-refractivity contribution in [1.29, 1.82) is 0 Å². The Balaban J connectivity index is 1.59. The minimum Gasteiger partial charge on any atom is -0.510 e. The summed E-state index contributed by atoms with van der Waals surface area (Å²) in [6.07, 6.45) is 0.138. The van der Waals surface area contributed by atoms with Crippen LogP contribution in [0.3, 0.4) is 0 Å². The number of phenolic OH excluding ortho intramolecular Hbond substituents is 1. The maximum Gasteiger partial charge on any atom is 0.325 e. The summed E-state index contributed by atoms with van der Waals surface area (Å²) in [4.78, 5) is 54.7. The number of carbonyl (C=O) groups excluding carboxylic acids is 4. The maximum atomic E-state index is 13.9. The molecule has 5 rings (SSSR count). The predicted molar refractivity (Wildman–Crippen MR) is 153 cm³/mol. The van der Waals surface area contributed by atoms with Gasteiger partial charge in [-0.25, -0.2) is 0 Å². The zero-order valence-corrected chi connectivity index (χ0v) is 24.1. The van der Waals surface area contributed by atoms with Crippen LogP contribution in [0.4, 0.5) is 0 Å². The number of likely N-dealkylation sites (N-methyl/N-ethyl adjacent to an activating group) is 2. The number of phenols is 1. The number of aromatic hydroxyl groups is 1. The van der Waals surface area contributed by atoms with Crippen molar-refractivity contribution < 1.29 is 44.3 Å². The number of ether oxygens (including phenoxy) is 1. The Hall–Kier alpha value is -4.52. The highest BCUT2D eigenvalue weighted by molar-refractivity contribution is 6.24. The third-order valence-corrected chi connectivity index (χ3v) is 8.45. The van der Waals surface area contributed by atoms with E-state index in [0.717, 1.165) is 0 Å². The number of hydrogen-bond acceptors (Lipinski definition) is 11. The lowest BCUT2D eigenvalue weighted by atomic mass is 9.58. The SMILES string of the molecule is CN(C)CC(=O)Oc1ccc(-c2ccc(O)c3c2C[C@H]2C[C@H]4[C@@H](N(C)C)C(O)=C(C(N)=O)C(=O)[C@@]4(O)C(O)=C2C3=O)cc1. The third kappa shape index (κ3) is 4.67. The molecule has 6 N–H and O–H groups in total. The highest BCUT2D eigenvalue weighted by Gasteiger charge is 2.63. The summed E-state index contributed by atoms with van der Waals surface area (Å²) in [6.45, 7) is 0.104. The number of primary amides is 1. The first-order chi connectivity index (χ1) is 20.2. The summed E-state index contributed by atoms with van der Waals surface area (Å²) in [6, 6.07) is 8.59. The van der Waals surface area contributed by atoms with Crippen LogP contribution in [0.5, 0.6) is 11.5 Å². The molecule has 3 aliphatic carbocycles. The summed E-state index contributed by atoms with van der Waals surface area (Å²) in [5.41, 5.74) is 3.30. The van der Waals surface area contributed by atoms with Crippen molar-refractivity contribution in [3.05, 3.63) is 70.2 Å². The van der Waals surface area contributed by atoms with Crippen molar-refractivity contribution in [2.24, 2.45) is 17.6 Å². The van der Waals surface area contributed by atoms with E-state index < -0.39 is 64.0 Å². The lowest BCUT2D eigenvalue weighted by molar-refractivity contribution is -0.148. The van der Waals surface area contributed by atoms with Crippen molar-refractivity contribution in [3.63, 3.8) is 0 Å². The number of allylic oxidation sites excluding steroid dienone is 1. The number of amides is 1. The monoisotopic (exact) mass is 591 g/mol. The highest BCUT2D eigenvalue weighted by atomic mass is 16.5. The van der Waals surface area contributed by atoms with Gasteiger partial charge in [-0.3, -0.25) is 29.0 Å². The quantitative estimate of drug-likeness (QED) is 0.185. The molecule has 0 aromatic heterocycles. The van der Waals surface area contributed by atoms with E-state index in [4.69, 9.17) is 10.5 Å². The van der Waals surface area contributed by atoms with Crippen molar-refractivity contribution in [2.45, 2.75) is 24.5 Å². The van der Waals surface area contributed by atoms with Gasteiger partial charge in [-0.1, -0.05) is 18.2 Å². The van der Waals surface area contributed by atoms with E-state index in [1.165, 1.54) is 11.0 Å². The molecule has 0 radical (unpaired) electrons. The summed E-state index contributed by atoms with van der Waals surface area (Å²) < 4.78 is 5.36. The topological polar surface area (TPSA) is 191 Å². The van der Waals surface area contributed by atoms with E-state index in [-0.39, 0.29) is 36.3 Å². The number of nitrogens with zero attached hydrogens (tertiary/aromatic N) is 2. The van der Waals surface area contributed by atoms with Crippen molar-refractivity contribution in [2.75, 3.05) is 34.7 Å². The number of aliphatic hydroxyl groups is 3. The van der Waals surface area contributed by atoms with Crippen LogP contribution >= 0.6 is 0 Å². The van der Waals surface area contributed by atoms with Crippen LogP contribution < -0.4 is 10.5 Å². The number of hydrogen-bond donors (Lipinski definition) is 5. The van der Waals surface area contributed by atoms with Crippen molar-refractivity contribution in [3.8, 4) is 22.6 Å². The van der Waals surface area contributed by atoms with Gasteiger partial charge in [-0.2, -0.15) is 0 Å². The molecule has 43 heavy (non-hydrogen) atoms. The van der Waals surface area contributed by atoms with Gasteiger partial charge in [0.1, 0.15) is 28.6 Å². The number of Topliss-reactive ketones (excluding diaryl/α,β-unsaturated/α-hetero) is 2. The molecule has 12 nitrogen and oxygen atoms in total. The van der Waals surface area contributed by atoms with Crippen molar-refractivity contribution >= 4 is 23.4 Å². The van der Waals surface area contributed by atoms with Crippen LogP contribution in [0.25, 0.3) is 11.1 Å². The molecular weight excluding hydrogens is 558 g/mol. The van der Waals surface area contributed by atoms with Crippen LogP contribution in [-0.2, 0) is 20.8 Å². The molecule has 4 atom stereocenters. The first-order valence-corrected chi connectivity index (χ1v) is 13.6. The van der Waals surface area contributed by atoms with Gasteiger partial charge in [0.05, 0.1) is 18.2 Å². The molecule has 0 aliphatic heterocycles. The molecule has 0 spiro atoms. The molecule has 1 amide bonds. The average molecular weight is 592 g/mol. The zero-order valence-electron chi connectivity index (χ0n) is 24.1. The molecule has 0 saturated carbocycles. The van der Waals surface area contributed by atoms with Gasteiger partial charge in [0.25, 0.3) is 5.91 Å². The van der Waals surface area contributed by atoms with Gasteiger partial charge >= 0.3 is 5.97 Å². The van der Waals surface area contributed by atoms with E-state index in [0.29, 0.717) is 22.4 Å². The molecule has 2 aromatic carbocycles. The first kappa shape index (κ1) is 30.0. The Labute approximate surface area is 247 Å². The number of aliphatic hydroxyl groups excluding tert-OH is 2. The maximum absolute atomic E-state index is 13.9. The van der Waals surface area contributed by atoms with E-state index in [9.17, 15) is 39.6 Å². The molecule has 0 fully saturated rings. The number of rotatable bonds is 6. The zero-order chi connectivity index (χ0) is 31.5. The molecule has 0 saturated heterocycles. The lowest BCUT2D eigenvalue weighted by Gasteiger charge is -2.50. The van der Waals surface area contributed by atoms with Gasteiger partial charge in [0, 0.05) is 11.5 Å². The molecule has 226 valence electrons. The highest BCUT2D eigenvalue weighted by Crippen LogP contribution is 2.53. The number of fused-ring (bicyclic) bond motifs is 3. The van der Waals surface area contributed by atoms with Gasteiger partial charge in [-0.05, 0) is 81.8 Å². The van der Waals surface area contributed by atoms with E-state index in [1.807, 2.05) is 0 Å². The number of esters is 1. The minimum atomic E-state index is -2.70. The van der Waals surface area contributed by atoms with Crippen LogP contribution in [-0.4, -0.2) is 100 Å². The van der Waals surface area contributed by atoms with Gasteiger partial charge in [0.2, 0.25) is 5.78 Å². The van der Waals surface area contributed by atoms with Crippen LogP contribution in [0.2, 0.25) is 0 Å². The second-order valence-corrected chi connectivity index (χ2v) is 11.7. The fraction of sp³-hybridized carbons (Fsp3) is 0.355. The molecular formula is C31H33N3O9. The predicted octanol–water partition coefficient (Wildman–Crippen LogP) is 1.25. The van der Waals surface area contributed by atoms with Crippen LogP contribution in [0.1, 0.15) is 22.3 Å². The third-order valence-electron chi connectivity index (χ3n) is 8.45. The van der Waals surface area contributed by atoms with Crippen LogP contribution in [0, 0.1) is 11.8 Å². The number of nitrogens with two attached hydrogens (primary N) is 1. The van der Waals surface area contributed by atoms with Gasteiger partial charge < -0.3 is 30.9 Å². The second kappa shape index (κ2) is 10.6. The van der Waals surface area contributed by atoms with Crippen molar-refractivity contribution in [1.82, 2.24) is 9.80 Å². The number of carbonyl (C=O) groups is 4. The lowest BCUT2D eigenvalue weighted by Crippen LogP contribution is -2.63. The Bertz CT molecular complexity index is 1620. The molecule has 12 heteroatoms. The minimum absolute atomic E-state index is 0.0123. The van der Waals surface area contributed by atoms with E-state index >= 15 is 0 Å². The second-order valence-electron chi connectivity index (χ2n) is 11.7. The van der Waals surface area contributed by atoms with Gasteiger partial charge in [0.15, 0.2) is 11.4 Å². The summed E-state index contributed by atoms with van der Waals surface area (Å²) in [7, 11) is 6.64. The Kier molecular flexibility index (Phi) is 7.41. The standard InChI is InChI=1S/C31H33N3O9/c1-33(2)13-21(36)43-16-7-5-14(6-8-16)17-9-10-20(35)23-18(17)11-15-12-19-25(34(3)4)27(38)24(30(32)41)29(40)31(19,42)28(39)22(15)26(23)37/h5-10,15,19,25,35,38-39,42H,11-13H2,1-4H3,(H2,32,41)/t15-,19-,25+,31-/m0/s1.